The van der Waals surface area contributed by atoms with E-state index in [1.165, 1.54) is 26.9 Å². The minimum Gasteiger partial charge on any atom is -0.387 e. The van der Waals surface area contributed by atoms with Gasteiger partial charge in [0, 0.05) is 33.8 Å². The molecule has 6 aromatic rings. The smallest absolute Gasteiger partial charge is 0.0788 e. The van der Waals surface area contributed by atoms with E-state index in [1.54, 1.807) is 0 Å². The van der Waals surface area contributed by atoms with Gasteiger partial charge in [-0.25, -0.2) is 9.97 Å². The summed E-state index contributed by atoms with van der Waals surface area (Å²) in [5.74, 6) is 0. The predicted octanol–water partition coefficient (Wildman–Crippen LogP) is 7.77. The predicted molar refractivity (Wildman–Crippen MR) is 151 cm³/mol. The molecule has 1 N–H and O–H groups in total. The quantitative estimate of drug-likeness (QED) is 0.274. The Bertz CT molecular complexity index is 1810. The minimum atomic E-state index is 0.828. The van der Waals surface area contributed by atoms with Gasteiger partial charge in [-0.2, -0.15) is 0 Å². The Morgan fingerprint density at radius 2 is 1.36 bits per heavy atom. The molecule has 0 amide bonds. The molecule has 0 atom stereocenters. The van der Waals surface area contributed by atoms with Crippen LogP contribution in [0.25, 0.3) is 60.5 Å². The van der Waals surface area contributed by atoms with Crippen molar-refractivity contribution in [2.75, 3.05) is 6.54 Å². The molecule has 1 aliphatic rings. The van der Waals surface area contributed by atoms with Gasteiger partial charge in [0.25, 0.3) is 0 Å². The molecule has 0 saturated heterocycles. The number of hydrogen-bond acceptors (Lipinski definition) is 3. The van der Waals surface area contributed by atoms with E-state index in [-0.39, 0.29) is 0 Å². The van der Waals surface area contributed by atoms with Gasteiger partial charge in [-0.15, -0.1) is 0 Å². The van der Waals surface area contributed by atoms with Crippen LogP contribution in [0.1, 0.15) is 5.69 Å². The van der Waals surface area contributed by atoms with Crippen LogP contribution in [-0.2, 0) is 0 Å². The summed E-state index contributed by atoms with van der Waals surface area (Å²) in [6.45, 7) is 0.828. The summed E-state index contributed by atoms with van der Waals surface area (Å²) in [4.78, 5) is 10.1. The van der Waals surface area contributed by atoms with Crippen LogP contribution in [-0.4, -0.2) is 16.5 Å². The van der Waals surface area contributed by atoms with Crippen molar-refractivity contribution in [3.63, 3.8) is 0 Å². The molecule has 3 nitrogen and oxygen atoms in total. The van der Waals surface area contributed by atoms with Gasteiger partial charge in [-0.05, 0) is 46.8 Å². The van der Waals surface area contributed by atoms with E-state index in [9.17, 15) is 0 Å². The van der Waals surface area contributed by atoms with Gasteiger partial charge in [-0.1, -0.05) is 91.0 Å². The van der Waals surface area contributed by atoms with Crippen LogP contribution in [0.3, 0.4) is 0 Å². The van der Waals surface area contributed by atoms with E-state index in [0.717, 1.165) is 45.8 Å². The number of allylic oxidation sites excluding steroid dienone is 2. The standard InChI is InChI=1S/C33H23N3/c1-2-7-26-22(6-1)16-17-28-32(26)27-8-3-4-9-31(27)36-33(28)25-14-12-23(13-15-25)29-10-5-11-30(35-29)24-18-20-34-21-19-24/h1-20,34H,21H2. The van der Waals surface area contributed by atoms with E-state index in [4.69, 9.17) is 9.97 Å². The first-order chi connectivity index (χ1) is 17.8. The number of nitrogens with zero attached hydrogens (tertiary/aromatic N) is 2. The Kier molecular flexibility index (Phi) is 4.85. The zero-order valence-corrected chi connectivity index (χ0v) is 19.6. The summed E-state index contributed by atoms with van der Waals surface area (Å²) in [6, 6.07) is 36.3. The largest absolute Gasteiger partial charge is 0.387 e. The van der Waals surface area contributed by atoms with E-state index in [1.807, 2.05) is 6.20 Å². The van der Waals surface area contributed by atoms with Crippen LogP contribution in [0, 0.1) is 0 Å². The molecule has 2 aromatic heterocycles. The van der Waals surface area contributed by atoms with Crippen molar-refractivity contribution in [1.29, 1.82) is 0 Å². The minimum absolute atomic E-state index is 0.828. The summed E-state index contributed by atoms with van der Waals surface area (Å²) in [7, 11) is 0. The maximum absolute atomic E-state index is 5.12. The van der Waals surface area contributed by atoms with Gasteiger partial charge in [-0.3, -0.25) is 0 Å². The second-order valence-electron chi connectivity index (χ2n) is 9.07. The second kappa shape index (κ2) is 8.47. The molecule has 3 heteroatoms. The summed E-state index contributed by atoms with van der Waals surface area (Å²) >= 11 is 0. The zero-order valence-electron chi connectivity index (χ0n) is 19.6. The topological polar surface area (TPSA) is 37.8 Å². The normalized spacial score (nSPS) is 13.2. The molecule has 7 rings (SSSR count). The van der Waals surface area contributed by atoms with Crippen LogP contribution in [0.4, 0.5) is 0 Å². The number of aromatic nitrogens is 2. The van der Waals surface area contributed by atoms with Crippen LogP contribution >= 0.6 is 0 Å². The highest BCUT2D eigenvalue weighted by atomic mass is 14.8. The van der Waals surface area contributed by atoms with Gasteiger partial charge >= 0.3 is 0 Å². The van der Waals surface area contributed by atoms with Gasteiger partial charge in [0.1, 0.15) is 0 Å². The average Bonchev–Trinajstić information content (AvgIpc) is 2.97. The lowest BCUT2D eigenvalue weighted by atomic mass is 9.95. The number of fused-ring (bicyclic) bond motifs is 5. The van der Waals surface area contributed by atoms with E-state index in [0.29, 0.717) is 0 Å². The molecule has 0 saturated carbocycles. The van der Waals surface area contributed by atoms with E-state index < -0.39 is 0 Å². The lowest BCUT2D eigenvalue weighted by Gasteiger charge is -2.13. The lowest BCUT2D eigenvalue weighted by molar-refractivity contribution is 0.974. The fourth-order valence-corrected chi connectivity index (χ4v) is 5.14. The first kappa shape index (κ1) is 20.6. The fourth-order valence-electron chi connectivity index (χ4n) is 5.14. The molecular formula is C33H23N3. The lowest BCUT2D eigenvalue weighted by Crippen LogP contribution is -2.08. The van der Waals surface area contributed by atoms with Crippen molar-refractivity contribution < 1.29 is 0 Å². The Hall–Kier alpha value is -4.76. The van der Waals surface area contributed by atoms with Crippen molar-refractivity contribution >= 4 is 38.0 Å². The van der Waals surface area contributed by atoms with Crippen molar-refractivity contribution in [2.24, 2.45) is 0 Å². The highest BCUT2D eigenvalue weighted by molar-refractivity contribution is 6.22. The Morgan fingerprint density at radius 3 is 2.22 bits per heavy atom. The first-order valence-corrected chi connectivity index (χ1v) is 12.2. The highest BCUT2D eigenvalue weighted by Gasteiger charge is 2.13. The molecule has 36 heavy (non-hydrogen) atoms. The molecule has 3 heterocycles. The molecule has 0 radical (unpaired) electrons. The zero-order chi connectivity index (χ0) is 23.9. The third-order valence-corrected chi connectivity index (χ3v) is 6.91. The maximum Gasteiger partial charge on any atom is 0.0788 e. The third-order valence-electron chi connectivity index (χ3n) is 6.91. The van der Waals surface area contributed by atoms with Crippen molar-refractivity contribution in [3.05, 3.63) is 127 Å². The maximum atomic E-state index is 5.12. The van der Waals surface area contributed by atoms with Crippen LogP contribution in [0.15, 0.2) is 121 Å². The molecule has 0 fully saturated rings. The van der Waals surface area contributed by atoms with E-state index >= 15 is 0 Å². The van der Waals surface area contributed by atoms with Crippen LogP contribution in [0.5, 0.6) is 0 Å². The van der Waals surface area contributed by atoms with E-state index in [2.05, 4.69) is 121 Å². The molecule has 170 valence electrons. The summed E-state index contributed by atoms with van der Waals surface area (Å²) in [5, 5.41) is 9.31. The average molecular weight is 462 g/mol. The number of dihydropyridines is 1. The number of para-hydroxylation sites is 1. The Morgan fingerprint density at radius 1 is 0.583 bits per heavy atom. The van der Waals surface area contributed by atoms with Crippen molar-refractivity contribution in [2.45, 2.75) is 0 Å². The molecule has 0 bridgehead atoms. The summed E-state index contributed by atoms with van der Waals surface area (Å²) in [6.07, 6.45) is 6.21. The van der Waals surface area contributed by atoms with Gasteiger partial charge in [0.05, 0.1) is 22.6 Å². The second-order valence-corrected chi connectivity index (χ2v) is 9.07. The van der Waals surface area contributed by atoms with Crippen molar-refractivity contribution in [1.82, 2.24) is 15.3 Å². The molecular weight excluding hydrogens is 438 g/mol. The third kappa shape index (κ3) is 3.45. The molecule has 0 spiro atoms. The number of benzene rings is 4. The number of nitrogens with one attached hydrogen (secondary N) is 1. The summed E-state index contributed by atoms with van der Waals surface area (Å²) < 4.78 is 0. The monoisotopic (exact) mass is 461 g/mol. The van der Waals surface area contributed by atoms with Crippen LogP contribution < -0.4 is 5.32 Å². The number of pyridine rings is 2. The van der Waals surface area contributed by atoms with Gasteiger partial charge < -0.3 is 5.32 Å². The van der Waals surface area contributed by atoms with Gasteiger partial charge in [0.2, 0.25) is 0 Å². The molecule has 1 aliphatic heterocycles. The Labute approximate surface area is 209 Å². The van der Waals surface area contributed by atoms with Crippen molar-refractivity contribution in [3.8, 4) is 22.5 Å². The fraction of sp³-hybridized carbons (Fsp3) is 0.0303. The molecule has 4 aromatic carbocycles. The number of rotatable bonds is 3. The Balaban J connectivity index is 1.36. The number of hydrogen-bond donors (Lipinski definition) is 1. The highest BCUT2D eigenvalue weighted by Crippen LogP contribution is 2.37. The summed E-state index contributed by atoms with van der Waals surface area (Å²) in [5.41, 5.74) is 7.31. The molecule has 0 unspecified atom stereocenters. The van der Waals surface area contributed by atoms with Crippen LogP contribution in [0.2, 0.25) is 0 Å². The first-order valence-electron chi connectivity index (χ1n) is 12.2. The SMILES string of the molecule is C1=CC(c2cccc(-c3ccc(-c4nc5ccccc5c5c4ccc4ccccc45)cc3)n2)=CCN1. The molecule has 0 aliphatic carbocycles. The van der Waals surface area contributed by atoms with Gasteiger partial charge in [0.15, 0.2) is 0 Å².